The maximum atomic E-state index is 12.9. The fraction of sp³-hybridized carbons (Fsp3) is 0.526. The molecule has 2 rings (SSSR count). The molecule has 24 heavy (non-hydrogen) atoms. The zero-order chi connectivity index (χ0) is 17.9. The maximum absolute atomic E-state index is 12.9. The Morgan fingerprint density at radius 1 is 1.29 bits per heavy atom. The van der Waals surface area contributed by atoms with E-state index in [1.807, 2.05) is 32.3 Å². The van der Waals surface area contributed by atoms with Crippen molar-refractivity contribution < 1.29 is 4.79 Å². The standard InChI is InChI=1S/C19H28N4O/c1-7-23-18(12-17(21-23)13(2)3)19(24)22(6)15(5)11-16-10-14(4)8-9-20-16/h8-10,12-13,15H,7,11H2,1-6H3/t15-/m0/s1. The molecule has 0 bridgehead atoms. The third-order valence-corrected chi connectivity index (χ3v) is 4.37. The van der Waals surface area contributed by atoms with Crippen molar-refractivity contribution in [1.82, 2.24) is 19.7 Å². The van der Waals surface area contributed by atoms with Crippen molar-refractivity contribution in [2.24, 2.45) is 0 Å². The molecular weight excluding hydrogens is 300 g/mol. The molecule has 0 radical (unpaired) electrons. The molecule has 0 aliphatic rings. The first-order valence-electron chi connectivity index (χ1n) is 8.59. The van der Waals surface area contributed by atoms with Crippen molar-refractivity contribution >= 4 is 5.91 Å². The van der Waals surface area contributed by atoms with Crippen molar-refractivity contribution in [2.45, 2.75) is 59.5 Å². The van der Waals surface area contributed by atoms with Gasteiger partial charge in [-0.1, -0.05) is 13.8 Å². The summed E-state index contributed by atoms with van der Waals surface area (Å²) in [5, 5.41) is 4.54. The summed E-state index contributed by atoms with van der Waals surface area (Å²) in [5.41, 5.74) is 3.81. The Bertz CT molecular complexity index is 705. The first-order chi connectivity index (χ1) is 11.3. The number of amides is 1. The first-order valence-corrected chi connectivity index (χ1v) is 8.59. The highest BCUT2D eigenvalue weighted by atomic mass is 16.2. The van der Waals surface area contributed by atoms with Crippen LogP contribution in [-0.2, 0) is 13.0 Å². The number of carbonyl (C=O) groups excluding carboxylic acids is 1. The quantitative estimate of drug-likeness (QED) is 0.816. The Kier molecular flexibility index (Phi) is 5.75. The normalized spacial score (nSPS) is 12.5. The number of aryl methyl sites for hydroxylation is 2. The highest BCUT2D eigenvalue weighted by molar-refractivity contribution is 5.92. The van der Waals surface area contributed by atoms with Gasteiger partial charge in [0.25, 0.3) is 5.91 Å². The second-order valence-corrected chi connectivity index (χ2v) is 6.72. The number of carbonyl (C=O) groups is 1. The van der Waals surface area contributed by atoms with Gasteiger partial charge in [0.1, 0.15) is 5.69 Å². The highest BCUT2D eigenvalue weighted by Gasteiger charge is 2.23. The van der Waals surface area contributed by atoms with Gasteiger partial charge in [0.05, 0.1) is 5.69 Å². The van der Waals surface area contributed by atoms with Gasteiger partial charge in [-0.2, -0.15) is 5.10 Å². The molecule has 0 N–H and O–H groups in total. The van der Waals surface area contributed by atoms with Crippen LogP contribution in [0.2, 0.25) is 0 Å². The van der Waals surface area contributed by atoms with E-state index in [1.54, 1.807) is 9.58 Å². The zero-order valence-electron chi connectivity index (χ0n) is 15.6. The fourth-order valence-electron chi connectivity index (χ4n) is 2.66. The Hall–Kier alpha value is -2.17. The number of hydrogen-bond donors (Lipinski definition) is 0. The molecule has 0 saturated heterocycles. The monoisotopic (exact) mass is 328 g/mol. The summed E-state index contributed by atoms with van der Waals surface area (Å²) in [5.74, 6) is 0.319. The minimum absolute atomic E-state index is 0.0106. The molecule has 0 saturated carbocycles. The van der Waals surface area contributed by atoms with Gasteiger partial charge in [-0.3, -0.25) is 14.5 Å². The fourth-order valence-corrected chi connectivity index (χ4v) is 2.66. The molecule has 5 nitrogen and oxygen atoms in total. The van der Waals surface area contributed by atoms with Crippen LogP contribution >= 0.6 is 0 Å². The Labute approximate surface area is 144 Å². The number of nitrogens with zero attached hydrogens (tertiary/aromatic N) is 4. The van der Waals surface area contributed by atoms with E-state index in [-0.39, 0.29) is 11.9 Å². The number of aromatic nitrogens is 3. The van der Waals surface area contributed by atoms with Gasteiger partial charge < -0.3 is 4.90 Å². The van der Waals surface area contributed by atoms with Gasteiger partial charge in [0, 0.05) is 37.9 Å². The lowest BCUT2D eigenvalue weighted by Crippen LogP contribution is -2.37. The van der Waals surface area contributed by atoms with Gasteiger partial charge >= 0.3 is 0 Å². The van der Waals surface area contributed by atoms with E-state index in [2.05, 4.69) is 43.8 Å². The number of likely N-dealkylation sites (N-methyl/N-ethyl adjacent to an activating group) is 1. The smallest absolute Gasteiger partial charge is 0.272 e. The van der Waals surface area contributed by atoms with E-state index in [0.717, 1.165) is 17.8 Å². The van der Waals surface area contributed by atoms with Gasteiger partial charge in [0.2, 0.25) is 0 Å². The van der Waals surface area contributed by atoms with Crippen LogP contribution in [0, 0.1) is 6.92 Å². The van der Waals surface area contributed by atoms with Crippen LogP contribution in [0.5, 0.6) is 0 Å². The molecule has 2 aromatic heterocycles. The summed E-state index contributed by atoms with van der Waals surface area (Å²) in [6.45, 7) is 11.0. The SMILES string of the molecule is CCn1nc(C(C)C)cc1C(=O)N(C)[C@@H](C)Cc1cc(C)ccn1. The predicted octanol–water partition coefficient (Wildman–Crippen LogP) is 3.43. The van der Waals surface area contributed by atoms with Crippen LogP contribution in [-0.4, -0.2) is 38.7 Å². The lowest BCUT2D eigenvalue weighted by Gasteiger charge is -2.25. The minimum Gasteiger partial charge on any atom is -0.337 e. The van der Waals surface area contributed by atoms with E-state index >= 15 is 0 Å². The minimum atomic E-state index is 0.0106. The van der Waals surface area contributed by atoms with E-state index in [4.69, 9.17) is 0 Å². The van der Waals surface area contributed by atoms with Crippen molar-refractivity contribution in [3.05, 3.63) is 47.0 Å². The Morgan fingerprint density at radius 2 is 2.00 bits per heavy atom. The van der Waals surface area contributed by atoms with Crippen LogP contribution < -0.4 is 0 Å². The van der Waals surface area contributed by atoms with E-state index in [1.165, 1.54) is 5.56 Å². The molecule has 0 aliphatic heterocycles. The van der Waals surface area contributed by atoms with Gasteiger partial charge in [-0.05, 0) is 50.5 Å². The average Bonchev–Trinajstić information content (AvgIpc) is 2.98. The molecule has 0 fully saturated rings. The van der Waals surface area contributed by atoms with Crippen LogP contribution in [0.4, 0.5) is 0 Å². The van der Waals surface area contributed by atoms with Crippen molar-refractivity contribution in [3.63, 3.8) is 0 Å². The molecule has 1 amide bonds. The summed E-state index contributed by atoms with van der Waals surface area (Å²) in [4.78, 5) is 19.1. The lowest BCUT2D eigenvalue weighted by atomic mass is 10.1. The molecule has 0 unspecified atom stereocenters. The van der Waals surface area contributed by atoms with Crippen molar-refractivity contribution in [3.8, 4) is 0 Å². The second kappa shape index (κ2) is 7.60. The summed E-state index contributed by atoms with van der Waals surface area (Å²) < 4.78 is 1.80. The Morgan fingerprint density at radius 3 is 2.58 bits per heavy atom. The van der Waals surface area contributed by atoms with Crippen LogP contribution in [0.1, 0.15) is 61.1 Å². The van der Waals surface area contributed by atoms with Crippen LogP contribution in [0.25, 0.3) is 0 Å². The molecule has 5 heteroatoms. The largest absolute Gasteiger partial charge is 0.337 e. The molecular formula is C19H28N4O. The summed E-state index contributed by atoms with van der Waals surface area (Å²) in [6.07, 6.45) is 2.56. The number of rotatable bonds is 6. The van der Waals surface area contributed by atoms with Crippen molar-refractivity contribution in [1.29, 1.82) is 0 Å². The maximum Gasteiger partial charge on any atom is 0.272 e. The van der Waals surface area contributed by atoms with Crippen LogP contribution in [0.3, 0.4) is 0 Å². The molecule has 0 spiro atoms. The molecule has 130 valence electrons. The van der Waals surface area contributed by atoms with Gasteiger partial charge in [0.15, 0.2) is 0 Å². The second-order valence-electron chi connectivity index (χ2n) is 6.72. The van der Waals surface area contributed by atoms with E-state index < -0.39 is 0 Å². The van der Waals surface area contributed by atoms with Crippen molar-refractivity contribution in [2.75, 3.05) is 7.05 Å². The number of pyridine rings is 1. The average molecular weight is 328 g/mol. The topological polar surface area (TPSA) is 51.0 Å². The molecule has 2 heterocycles. The number of hydrogen-bond acceptors (Lipinski definition) is 3. The third-order valence-electron chi connectivity index (χ3n) is 4.37. The predicted molar refractivity (Wildman–Crippen MR) is 96.2 cm³/mol. The van der Waals surface area contributed by atoms with E-state index in [9.17, 15) is 4.79 Å². The van der Waals surface area contributed by atoms with Gasteiger partial charge in [-0.25, -0.2) is 0 Å². The molecule has 0 aromatic carbocycles. The molecule has 0 aliphatic carbocycles. The summed E-state index contributed by atoms with van der Waals surface area (Å²) in [6, 6.07) is 6.04. The Balaban J connectivity index is 2.16. The molecule has 1 atom stereocenters. The third kappa shape index (κ3) is 4.02. The molecule has 2 aromatic rings. The highest BCUT2D eigenvalue weighted by Crippen LogP contribution is 2.17. The summed E-state index contributed by atoms with van der Waals surface area (Å²) in [7, 11) is 1.85. The van der Waals surface area contributed by atoms with E-state index in [0.29, 0.717) is 18.2 Å². The first kappa shape index (κ1) is 18.2. The van der Waals surface area contributed by atoms with Gasteiger partial charge in [-0.15, -0.1) is 0 Å². The zero-order valence-corrected chi connectivity index (χ0v) is 15.6. The summed E-state index contributed by atoms with van der Waals surface area (Å²) >= 11 is 0. The lowest BCUT2D eigenvalue weighted by molar-refractivity contribution is 0.0730. The van der Waals surface area contributed by atoms with Crippen LogP contribution in [0.15, 0.2) is 24.4 Å².